The molecule has 2 unspecified atom stereocenters. The average molecular weight is 308 g/mol. The normalized spacial score (nSPS) is 47.9. The molecule has 5 rings (SSSR count). The molecule has 1 aromatic rings. The van der Waals surface area contributed by atoms with Gasteiger partial charge in [-0.2, -0.15) is 0 Å². The zero-order valence-corrected chi connectivity index (χ0v) is 13.9. The van der Waals surface area contributed by atoms with E-state index in [1.165, 1.54) is 24.8 Å². The summed E-state index contributed by atoms with van der Waals surface area (Å²) in [4.78, 5) is 0. The molecule has 1 heteroatoms. The predicted molar refractivity (Wildman–Crippen MR) is 93.0 cm³/mol. The molecule has 4 aliphatic rings. The second-order valence-electron chi connectivity index (χ2n) is 8.69. The lowest BCUT2D eigenvalue weighted by atomic mass is 9.64. The van der Waals surface area contributed by atoms with Gasteiger partial charge in [-0.3, -0.25) is 0 Å². The molecule has 0 heterocycles. The lowest BCUT2D eigenvalue weighted by Gasteiger charge is -2.44. The molecule has 0 spiro atoms. The van der Waals surface area contributed by atoms with E-state index in [1.54, 1.807) is 0 Å². The van der Waals surface area contributed by atoms with Crippen LogP contribution in [0.1, 0.15) is 56.4 Å². The minimum atomic E-state index is -0.425. The first-order chi connectivity index (χ1) is 11.2. The van der Waals surface area contributed by atoms with Crippen LogP contribution >= 0.6 is 0 Å². The van der Waals surface area contributed by atoms with E-state index in [2.05, 4.69) is 42.5 Å². The van der Waals surface area contributed by atoms with Crippen LogP contribution in [0.2, 0.25) is 0 Å². The van der Waals surface area contributed by atoms with Crippen molar-refractivity contribution in [2.45, 2.75) is 56.5 Å². The van der Waals surface area contributed by atoms with Crippen molar-refractivity contribution in [2.24, 2.45) is 29.6 Å². The van der Waals surface area contributed by atoms with E-state index < -0.39 is 5.60 Å². The molecule has 1 aromatic carbocycles. The quantitative estimate of drug-likeness (QED) is 0.769. The fourth-order valence-electron chi connectivity index (χ4n) is 6.62. The topological polar surface area (TPSA) is 20.2 Å². The maximum atomic E-state index is 11.5. The summed E-state index contributed by atoms with van der Waals surface area (Å²) in [7, 11) is 0. The monoisotopic (exact) mass is 308 g/mol. The van der Waals surface area contributed by atoms with E-state index >= 15 is 0 Å². The minimum absolute atomic E-state index is 0.425. The molecule has 0 aliphatic heterocycles. The van der Waals surface area contributed by atoms with Gasteiger partial charge in [0.2, 0.25) is 0 Å². The molecule has 0 amide bonds. The molecule has 2 bridgehead atoms. The zero-order chi connectivity index (χ0) is 15.4. The van der Waals surface area contributed by atoms with E-state index in [-0.39, 0.29) is 0 Å². The average Bonchev–Trinajstić information content (AvgIpc) is 3.30. The van der Waals surface area contributed by atoms with Crippen LogP contribution in [0.25, 0.3) is 0 Å². The fourth-order valence-corrected chi connectivity index (χ4v) is 6.62. The van der Waals surface area contributed by atoms with Gasteiger partial charge in [-0.25, -0.2) is 0 Å². The summed E-state index contributed by atoms with van der Waals surface area (Å²) in [6, 6.07) is 10.9. The van der Waals surface area contributed by atoms with Crippen LogP contribution < -0.4 is 0 Å². The van der Waals surface area contributed by atoms with E-state index in [1.807, 2.05) is 0 Å². The molecule has 3 fully saturated rings. The lowest BCUT2D eigenvalue weighted by molar-refractivity contribution is -0.0634. The van der Waals surface area contributed by atoms with Crippen molar-refractivity contribution in [3.05, 3.63) is 48.0 Å². The van der Waals surface area contributed by atoms with Crippen LogP contribution in [-0.4, -0.2) is 10.7 Å². The maximum absolute atomic E-state index is 11.5. The SMILES string of the molecule is OC1([C@@H]2C=CC3C2[C@@H]2CC[C@H]3C2)CCC(c2ccccc2)CC1. The van der Waals surface area contributed by atoms with Crippen LogP contribution in [0.3, 0.4) is 0 Å². The Hall–Kier alpha value is -1.08. The number of benzene rings is 1. The molecular formula is C22H28O. The summed E-state index contributed by atoms with van der Waals surface area (Å²) in [6.45, 7) is 0. The van der Waals surface area contributed by atoms with Crippen molar-refractivity contribution in [2.75, 3.05) is 0 Å². The number of hydrogen-bond donors (Lipinski definition) is 1. The van der Waals surface area contributed by atoms with Crippen molar-refractivity contribution < 1.29 is 5.11 Å². The smallest absolute Gasteiger partial charge is 0.0713 e. The second-order valence-corrected chi connectivity index (χ2v) is 8.69. The number of fused-ring (bicyclic) bond motifs is 5. The van der Waals surface area contributed by atoms with Crippen molar-refractivity contribution in [3.63, 3.8) is 0 Å². The highest BCUT2D eigenvalue weighted by Crippen LogP contribution is 2.61. The van der Waals surface area contributed by atoms with Gasteiger partial charge in [-0.05, 0) is 80.1 Å². The first-order valence-corrected chi connectivity index (χ1v) is 9.70. The lowest BCUT2D eigenvalue weighted by Crippen LogP contribution is -2.44. The molecular weight excluding hydrogens is 280 g/mol. The summed E-state index contributed by atoms with van der Waals surface area (Å²) < 4.78 is 0. The Balaban J connectivity index is 1.32. The summed E-state index contributed by atoms with van der Waals surface area (Å²) in [6.07, 6.45) is 13.5. The molecule has 3 saturated carbocycles. The Kier molecular flexibility index (Phi) is 3.23. The standard InChI is InChI=1S/C22H28O/c23-22(12-10-16(11-13-22)15-4-2-1-3-5-15)20-9-8-19-17-6-7-18(14-17)21(19)20/h1-5,8-9,16-21,23H,6-7,10-14H2/t16?,17-,18+,19?,20+,21?,22?/m0/s1. The van der Waals surface area contributed by atoms with Gasteiger partial charge in [0, 0.05) is 5.92 Å². The van der Waals surface area contributed by atoms with Gasteiger partial charge in [0.05, 0.1) is 5.60 Å². The van der Waals surface area contributed by atoms with E-state index in [0.717, 1.165) is 49.4 Å². The fraction of sp³-hybridized carbons (Fsp3) is 0.636. The van der Waals surface area contributed by atoms with Crippen LogP contribution in [0.5, 0.6) is 0 Å². The molecule has 5 atom stereocenters. The summed E-state index contributed by atoms with van der Waals surface area (Å²) in [5, 5.41) is 11.5. The Morgan fingerprint density at radius 2 is 1.61 bits per heavy atom. The number of hydrogen-bond acceptors (Lipinski definition) is 1. The molecule has 0 radical (unpaired) electrons. The number of aliphatic hydroxyl groups is 1. The summed E-state index contributed by atoms with van der Waals surface area (Å²) in [5.41, 5.74) is 1.04. The van der Waals surface area contributed by atoms with Gasteiger partial charge in [0.25, 0.3) is 0 Å². The predicted octanol–water partition coefficient (Wildman–Crippen LogP) is 4.92. The van der Waals surface area contributed by atoms with Crippen molar-refractivity contribution >= 4 is 0 Å². The third kappa shape index (κ3) is 2.16. The van der Waals surface area contributed by atoms with Gasteiger partial charge in [-0.1, -0.05) is 42.5 Å². The molecule has 122 valence electrons. The Morgan fingerprint density at radius 3 is 2.39 bits per heavy atom. The van der Waals surface area contributed by atoms with Crippen molar-refractivity contribution in [1.82, 2.24) is 0 Å². The number of rotatable bonds is 2. The molecule has 23 heavy (non-hydrogen) atoms. The number of allylic oxidation sites excluding steroid dienone is 1. The third-order valence-corrected chi connectivity index (χ3v) is 7.75. The highest BCUT2D eigenvalue weighted by atomic mass is 16.3. The van der Waals surface area contributed by atoms with Gasteiger partial charge in [0.1, 0.15) is 0 Å². The second kappa shape index (κ2) is 5.21. The third-order valence-electron chi connectivity index (χ3n) is 7.75. The van der Waals surface area contributed by atoms with Crippen LogP contribution in [-0.2, 0) is 0 Å². The van der Waals surface area contributed by atoms with Gasteiger partial charge in [-0.15, -0.1) is 0 Å². The summed E-state index contributed by atoms with van der Waals surface area (Å²) in [5.74, 6) is 4.51. The molecule has 0 aromatic heterocycles. The van der Waals surface area contributed by atoms with E-state index in [0.29, 0.717) is 11.8 Å². The summed E-state index contributed by atoms with van der Waals surface area (Å²) >= 11 is 0. The molecule has 0 saturated heterocycles. The highest BCUT2D eigenvalue weighted by Gasteiger charge is 2.56. The first kappa shape index (κ1) is 14.3. The Morgan fingerprint density at radius 1 is 0.870 bits per heavy atom. The first-order valence-electron chi connectivity index (χ1n) is 9.70. The minimum Gasteiger partial charge on any atom is -0.389 e. The van der Waals surface area contributed by atoms with Crippen LogP contribution in [0.4, 0.5) is 0 Å². The molecule has 4 aliphatic carbocycles. The Labute approximate surface area is 139 Å². The molecule has 1 N–H and O–H groups in total. The van der Waals surface area contributed by atoms with Gasteiger partial charge < -0.3 is 5.11 Å². The van der Waals surface area contributed by atoms with E-state index in [9.17, 15) is 5.11 Å². The Bertz CT molecular complexity index is 596. The van der Waals surface area contributed by atoms with Crippen molar-refractivity contribution in [3.8, 4) is 0 Å². The van der Waals surface area contributed by atoms with Crippen LogP contribution in [0.15, 0.2) is 42.5 Å². The van der Waals surface area contributed by atoms with Crippen molar-refractivity contribution in [1.29, 1.82) is 0 Å². The maximum Gasteiger partial charge on any atom is 0.0713 e. The van der Waals surface area contributed by atoms with E-state index in [4.69, 9.17) is 0 Å². The molecule has 1 nitrogen and oxygen atoms in total. The van der Waals surface area contributed by atoms with Gasteiger partial charge >= 0.3 is 0 Å². The zero-order valence-electron chi connectivity index (χ0n) is 13.9. The van der Waals surface area contributed by atoms with Crippen LogP contribution in [0, 0.1) is 29.6 Å². The highest BCUT2D eigenvalue weighted by molar-refractivity contribution is 5.23. The van der Waals surface area contributed by atoms with Gasteiger partial charge in [0.15, 0.2) is 0 Å². The largest absolute Gasteiger partial charge is 0.389 e.